The van der Waals surface area contributed by atoms with Crippen molar-refractivity contribution in [3.63, 3.8) is 0 Å². The van der Waals surface area contributed by atoms with Crippen LogP contribution < -0.4 is 10.5 Å². The summed E-state index contributed by atoms with van der Waals surface area (Å²) in [5, 5.41) is 2.08. The molecule has 1 aliphatic rings. The van der Waals surface area contributed by atoms with Crippen molar-refractivity contribution >= 4 is 23.7 Å². The number of ether oxygens (including phenoxy) is 1. The molecule has 2 N–H and O–H groups in total. The lowest BCUT2D eigenvalue weighted by atomic mass is 10.1. The van der Waals surface area contributed by atoms with Gasteiger partial charge < -0.3 is 10.5 Å². The number of hydrogen-bond acceptors (Lipinski definition) is 4. The molecule has 1 unspecified atom stereocenters. The maximum Gasteiger partial charge on any atom is 0.134 e. The Hall–Kier alpha value is -0.290. The van der Waals surface area contributed by atoms with Crippen LogP contribution in [0.1, 0.15) is 17.7 Å². The Labute approximate surface area is 107 Å². The van der Waals surface area contributed by atoms with Gasteiger partial charge in [0.15, 0.2) is 0 Å². The largest absolute Gasteiger partial charge is 0.496 e. The van der Waals surface area contributed by atoms with Crippen molar-refractivity contribution in [2.75, 3.05) is 20.2 Å². The molecule has 2 rings (SSSR count). The Bertz CT molecular complexity index is 319. The lowest BCUT2D eigenvalue weighted by Gasteiger charge is -2.30. The summed E-state index contributed by atoms with van der Waals surface area (Å²) in [5.74, 6) is 1.01. The van der Waals surface area contributed by atoms with Gasteiger partial charge in [-0.1, -0.05) is 0 Å². The van der Waals surface area contributed by atoms with Gasteiger partial charge in [0.05, 0.1) is 12.0 Å². The molecule has 5 heteroatoms. The molecule has 0 bridgehead atoms. The van der Waals surface area contributed by atoms with E-state index in [-0.39, 0.29) is 12.4 Å². The first-order valence-corrected chi connectivity index (χ1v) is 6.26. The maximum absolute atomic E-state index is 5.96. The molecule has 2 heterocycles. The van der Waals surface area contributed by atoms with Crippen molar-refractivity contribution in [3.05, 3.63) is 16.3 Å². The quantitative estimate of drug-likeness (QED) is 0.907. The molecule has 1 aromatic rings. The topological polar surface area (TPSA) is 38.5 Å². The highest BCUT2D eigenvalue weighted by molar-refractivity contribution is 7.10. The Kier molecular flexibility index (Phi) is 5.55. The molecule has 0 saturated carbocycles. The van der Waals surface area contributed by atoms with Crippen LogP contribution in [0.25, 0.3) is 0 Å². The average molecular weight is 263 g/mol. The molecule has 92 valence electrons. The molecule has 1 aliphatic heterocycles. The van der Waals surface area contributed by atoms with Crippen molar-refractivity contribution in [1.29, 1.82) is 0 Å². The van der Waals surface area contributed by atoms with E-state index in [0.717, 1.165) is 31.8 Å². The lowest BCUT2D eigenvalue weighted by Crippen LogP contribution is -2.42. The molecule has 3 nitrogen and oxygen atoms in total. The zero-order valence-corrected chi connectivity index (χ0v) is 11.1. The minimum atomic E-state index is 0. The number of nitrogens with zero attached hydrogens (tertiary/aromatic N) is 1. The van der Waals surface area contributed by atoms with Gasteiger partial charge in [-0.2, -0.15) is 0 Å². The number of rotatable bonds is 3. The maximum atomic E-state index is 5.96. The van der Waals surface area contributed by atoms with Crippen LogP contribution in [0, 0.1) is 0 Å². The van der Waals surface area contributed by atoms with E-state index in [0.29, 0.717) is 6.04 Å². The van der Waals surface area contributed by atoms with E-state index >= 15 is 0 Å². The molecule has 1 saturated heterocycles. The van der Waals surface area contributed by atoms with Crippen molar-refractivity contribution in [2.45, 2.75) is 25.4 Å². The number of hydrogen-bond donors (Lipinski definition) is 1. The van der Waals surface area contributed by atoms with Gasteiger partial charge in [0.25, 0.3) is 0 Å². The fourth-order valence-corrected chi connectivity index (χ4v) is 2.94. The van der Waals surface area contributed by atoms with Gasteiger partial charge in [-0.15, -0.1) is 23.7 Å². The van der Waals surface area contributed by atoms with Crippen LogP contribution in [-0.2, 0) is 6.54 Å². The smallest absolute Gasteiger partial charge is 0.134 e. The summed E-state index contributed by atoms with van der Waals surface area (Å²) in [4.78, 5) is 3.73. The normalized spacial score (nSPS) is 21.5. The first-order valence-electron chi connectivity index (χ1n) is 5.38. The van der Waals surface area contributed by atoms with Crippen LogP contribution in [0.5, 0.6) is 5.75 Å². The zero-order valence-electron chi connectivity index (χ0n) is 9.52. The second kappa shape index (κ2) is 6.45. The highest BCUT2D eigenvalue weighted by Crippen LogP contribution is 2.26. The molecule has 1 atom stereocenters. The summed E-state index contributed by atoms with van der Waals surface area (Å²) in [6.45, 7) is 3.16. The van der Waals surface area contributed by atoms with Crippen LogP contribution in [0.4, 0.5) is 0 Å². The number of thiophene rings is 1. The molecule has 0 spiro atoms. The fourth-order valence-electron chi connectivity index (χ4n) is 2.06. The van der Waals surface area contributed by atoms with Crippen LogP contribution in [0.2, 0.25) is 0 Å². The molecule has 1 fully saturated rings. The van der Waals surface area contributed by atoms with E-state index < -0.39 is 0 Å². The van der Waals surface area contributed by atoms with Gasteiger partial charge in [-0.3, -0.25) is 4.90 Å². The second-order valence-electron chi connectivity index (χ2n) is 4.05. The standard InChI is InChI=1S/C11H18N2OS.ClH/c1-14-10-4-6-15-11(10)8-13-5-2-3-9(12)7-13;/h4,6,9H,2-3,5,7-8,12H2,1H3;1H. The van der Waals surface area contributed by atoms with Gasteiger partial charge >= 0.3 is 0 Å². The predicted molar refractivity (Wildman–Crippen MR) is 70.6 cm³/mol. The summed E-state index contributed by atoms with van der Waals surface area (Å²) in [5.41, 5.74) is 5.96. The van der Waals surface area contributed by atoms with E-state index in [9.17, 15) is 0 Å². The number of likely N-dealkylation sites (tertiary alicyclic amines) is 1. The molecule has 1 aromatic heterocycles. The van der Waals surface area contributed by atoms with Crippen molar-refractivity contribution < 1.29 is 4.74 Å². The summed E-state index contributed by atoms with van der Waals surface area (Å²) in [7, 11) is 1.73. The SMILES string of the molecule is COc1ccsc1CN1CCCC(N)C1.Cl. The Balaban J connectivity index is 0.00000128. The average Bonchev–Trinajstić information content (AvgIpc) is 2.65. The minimum Gasteiger partial charge on any atom is -0.496 e. The second-order valence-corrected chi connectivity index (χ2v) is 5.05. The van der Waals surface area contributed by atoms with E-state index in [1.54, 1.807) is 18.4 Å². The van der Waals surface area contributed by atoms with E-state index in [1.165, 1.54) is 11.3 Å². The zero-order chi connectivity index (χ0) is 10.7. The van der Waals surface area contributed by atoms with E-state index in [1.807, 2.05) is 6.07 Å². The fraction of sp³-hybridized carbons (Fsp3) is 0.636. The third-order valence-corrected chi connectivity index (χ3v) is 3.72. The molecule has 0 amide bonds. The highest BCUT2D eigenvalue weighted by atomic mass is 35.5. The van der Waals surface area contributed by atoms with Crippen LogP contribution >= 0.6 is 23.7 Å². The van der Waals surface area contributed by atoms with Crippen molar-refractivity contribution in [2.24, 2.45) is 5.73 Å². The highest BCUT2D eigenvalue weighted by Gasteiger charge is 2.18. The molecule has 0 aliphatic carbocycles. The van der Waals surface area contributed by atoms with Crippen LogP contribution in [-0.4, -0.2) is 31.1 Å². The van der Waals surface area contributed by atoms with E-state index in [2.05, 4.69) is 10.3 Å². The third kappa shape index (κ3) is 3.35. The number of halogens is 1. The van der Waals surface area contributed by atoms with Gasteiger partial charge in [0.1, 0.15) is 5.75 Å². The molecule has 0 radical (unpaired) electrons. The first-order chi connectivity index (χ1) is 7.29. The van der Waals surface area contributed by atoms with Crippen LogP contribution in [0.3, 0.4) is 0 Å². The number of methoxy groups -OCH3 is 1. The Morgan fingerprint density at radius 3 is 3.12 bits per heavy atom. The monoisotopic (exact) mass is 262 g/mol. The van der Waals surface area contributed by atoms with E-state index in [4.69, 9.17) is 10.5 Å². The van der Waals surface area contributed by atoms with Gasteiger partial charge in [0.2, 0.25) is 0 Å². The number of piperidine rings is 1. The third-order valence-electron chi connectivity index (χ3n) is 2.83. The van der Waals surface area contributed by atoms with Gasteiger partial charge in [-0.25, -0.2) is 0 Å². The summed E-state index contributed by atoms with van der Waals surface area (Å²) < 4.78 is 5.31. The minimum absolute atomic E-state index is 0. The van der Waals surface area contributed by atoms with Gasteiger partial charge in [0, 0.05) is 19.1 Å². The summed E-state index contributed by atoms with van der Waals surface area (Å²) in [6.07, 6.45) is 2.38. The van der Waals surface area contributed by atoms with Gasteiger partial charge in [-0.05, 0) is 30.8 Å². The molecule has 0 aromatic carbocycles. The molecular formula is C11H19ClN2OS. The Morgan fingerprint density at radius 2 is 2.44 bits per heavy atom. The predicted octanol–water partition coefficient (Wildman–Crippen LogP) is 2.10. The molecular weight excluding hydrogens is 244 g/mol. The lowest BCUT2D eigenvalue weighted by molar-refractivity contribution is 0.201. The Morgan fingerprint density at radius 1 is 1.62 bits per heavy atom. The summed E-state index contributed by atoms with van der Waals surface area (Å²) in [6, 6.07) is 2.38. The first kappa shape index (κ1) is 13.8. The van der Waals surface area contributed by atoms with Crippen LogP contribution in [0.15, 0.2) is 11.4 Å². The molecule has 16 heavy (non-hydrogen) atoms. The number of nitrogens with two attached hydrogens (primary N) is 1. The van der Waals surface area contributed by atoms with Crippen molar-refractivity contribution in [1.82, 2.24) is 4.90 Å². The van der Waals surface area contributed by atoms with Crippen molar-refractivity contribution in [3.8, 4) is 5.75 Å². The summed E-state index contributed by atoms with van der Waals surface area (Å²) >= 11 is 1.76.